The lowest BCUT2D eigenvalue weighted by Crippen LogP contribution is -2.52. The molecule has 1 amide bonds. The van der Waals surface area contributed by atoms with E-state index in [0.717, 1.165) is 37.7 Å². The second kappa shape index (κ2) is 13.6. The molecule has 1 aliphatic carbocycles. The molecule has 0 aromatic rings. The molecule has 0 aromatic carbocycles. The number of alkyl carbamates (subject to hydrolysis) is 1. The number of guanidine groups is 1. The Morgan fingerprint density at radius 1 is 1.17 bits per heavy atom. The van der Waals surface area contributed by atoms with E-state index < -0.39 is 5.60 Å². The van der Waals surface area contributed by atoms with E-state index in [2.05, 4.69) is 32.8 Å². The second-order valence-corrected chi connectivity index (χ2v) is 9.48. The number of nitrogens with zero attached hydrogens (tertiary/aromatic N) is 2. The first-order valence-electron chi connectivity index (χ1n) is 11.5. The number of halogens is 1. The molecule has 30 heavy (non-hydrogen) atoms. The minimum absolute atomic E-state index is 0. The summed E-state index contributed by atoms with van der Waals surface area (Å²) in [5.41, 5.74) is -0.487. The van der Waals surface area contributed by atoms with Crippen molar-refractivity contribution in [3.63, 3.8) is 0 Å². The normalized spacial score (nSPS) is 20.4. The van der Waals surface area contributed by atoms with Gasteiger partial charge in [0.1, 0.15) is 5.60 Å². The number of carbonyl (C=O) groups excluding carboxylic acids is 1. The largest absolute Gasteiger partial charge is 0.444 e. The van der Waals surface area contributed by atoms with E-state index >= 15 is 0 Å². The molecule has 3 N–H and O–H groups in total. The van der Waals surface area contributed by atoms with Crippen molar-refractivity contribution in [3.8, 4) is 0 Å². The number of carbonyl (C=O) groups is 1. The fourth-order valence-corrected chi connectivity index (χ4v) is 4.33. The van der Waals surface area contributed by atoms with Gasteiger partial charge in [0.2, 0.25) is 0 Å². The number of ether oxygens (including phenoxy) is 1. The first-order chi connectivity index (χ1) is 13.8. The van der Waals surface area contributed by atoms with Crippen LogP contribution in [-0.2, 0) is 4.74 Å². The maximum Gasteiger partial charge on any atom is 0.407 e. The molecule has 1 unspecified atom stereocenters. The van der Waals surface area contributed by atoms with Crippen molar-refractivity contribution in [1.82, 2.24) is 20.9 Å². The fourth-order valence-electron chi connectivity index (χ4n) is 4.33. The molecule has 1 saturated carbocycles. The highest BCUT2D eigenvalue weighted by atomic mass is 127. The molecule has 0 aromatic heterocycles. The Morgan fingerprint density at radius 3 is 2.33 bits per heavy atom. The van der Waals surface area contributed by atoms with Gasteiger partial charge in [-0.05, 0) is 52.9 Å². The molecule has 8 heteroatoms. The van der Waals surface area contributed by atoms with Crippen LogP contribution in [0.1, 0.15) is 79.1 Å². The first-order valence-corrected chi connectivity index (χ1v) is 11.5. The van der Waals surface area contributed by atoms with E-state index in [9.17, 15) is 4.79 Å². The van der Waals surface area contributed by atoms with Crippen molar-refractivity contribution in [3.05, 3.63) is 0 Å². The number of amides is 1. The number of hydrogen-bond acceptors (Lipinski definition) is 4. The Balaban J connectivity index is 0.00000450. The van der Waals surface area contributed by atoms with Crippen molar-refractivity contribution in [1.29, 1.82) is 0 Å². The van der Waals surface area contributed by atoms with Crippen LogP contribution < -0.4 is 16.0 Å². The quantitative estimate of drug-likeness (QED) is 0.261. The Bertz CT molecular complexity index is 524. The highest BCUT2D eigenvalue weighted by molar-refractivity contribution is 14.0. The third kappa shape index (κ3) is 10.0. The molecule has 0 bridgehead atoms. The minimum atomic E-state index is -0.487. The molecule has 0 spiro atoms. The van der Waals surface area contributed by atoms with Gasteiger partial charge in [-0.15, -0.1) is 24.0 Å². The van der Waals surface area contributed by atoms with Gasteiger partial charge in [-0.2, -0.15) is 0 Å². The molecular weight excluding hydrogens is 493 g/mol. The molecule has 176 valence electrons. The highest BCUT2D eigenvalue weighted by Crippen LogP contribution is 2.26. The predicted molar refractivity (Wildman–Crippen MR) is 135 cm³/mol. The van der Waals surface area contributed by atoms with Crippen LogP contribution >= 0.6 is 24.0 Å². The summed E-state index contributed by atoms with van der Waals surface area (Å²) in [7, 11) is 1.80. The van der Waals surface area contributed by atoms with Gasteiger partial charge in [-0.25, -0.2) is 4.79 Å². The summed E-state index contributed by atoms with van der Waals surface area (Å²) in [6.07, 6.45) is 9.40. The zero-order chi connectivity index (χ0) is 21.3. The van der Waals surface area contributed by atoms with Gasteiger partial charge in [0, 0.05) is 44.8 Å². The number of piperidine rings is 1. The third-order valence-corrected chi connectivity index (χ3v) is 5.81. The van der Waals surface area contributed by atoms with Crippen LogP contribution in [-0.4, -0.2) is 67.4 Å². The van der Waals surface area contributed by atoms with Crippen molar-refractivity contribution in [2.24, 2.45) is 4.99 Å². The maximum atomic E-state index is 12.1. The lowest BCUT2D eigenvalue weighted by atomic mass is 10.0. The Hall–Kier alpha value is -0.770. The lowest BCUT2D eigenvalue weighted by Gasteiger charge is -2.36. The number of rotatable bonds is 7. The fraction of sp³-hybridized carbons (Fsp3) is 0.909. The topological polar surface area (TPSA) is 78.0 Å². The molecule has 7 nitrogen and oxygen atoms in total. The van der Waals surface area contributed by atoms with Crippen LogP contribution in [0.25, 0.3) is 0 Å². The monoisotopic (exact) mass is 537 g/mol. The third-order valence-electron chi connectivity index (χ3n) is 5.81. The molecule has 1 aliphatic heterocycles. The number of likely N-dealkylation sites (tertiary alicyclic amines) is 1. The summed E-state index contributed by atoms with van der Waals surface area (Å²) in [6.45, 7) is 10.7. The average Bonchev–Trinajstić information content (AvgIpc) is 3.18. The average molecular weight is 538 g/mol. The van der Waals surface area contributed by atoms with E-state index in [1.165, 1.54) is 38.8 Å². The molecule has 2 aliphatic rings. The smallest absolute Gasteiger partial charge is 0.407 e. The van der Waals surface area contributed by atoms with E-state index in [0.29, 0.717) is 12.6 Å². The van der Waals surface area contributed by atoms with E-state index in [1.54, 1.807) is 7.05 Å². The second-order valence-electron chi connectivity index (χ2n) is 9.48. The highest BCUT2D eigenvalue weighted by Gasteiger charge is 2.27. The van der Waals surface area contributed by atoms with Gasteiger partial charge >= 0.3 is 6.09 Å². The van der Waals surface area contributed by atoms with Crippen LogP contribution in [0.5, 0.6) is 0 Å². The summed E-state index contributed by atoms with van der Waals surface area (Å²) in [6, 6.07) is 1.29. The Labute approximate surface area is 200 Å². The summed E-state index contributed by atoms with van der Waals surface area (Å²) in [4.78, 5) is 19.2. The molecule has 1 heterocycles. The SMILES string of the molecule is CCCC(CNC(=NC)NC1CCN(C2CCCC2)CC1)NC(=O)OC(C)(C)C.I. The van der Waals surface area contributed by atoms with Crippen LogP contribution in [0.2, 0.25) is 0 Å². The molecule has 1 atom stereocenters. The van der Waals surface area contributed by atoms with Crippen molar-refractivity contribution >= 4 is 36.0 Å². The number of hydrogen-bond donors (Lipinski definition) is 3. The van der Waals surface area contributed by atoms with Crippen molar-refractivity contribution < 1.29 is 9.53 Å². The van der Waals surface area contributed by atoms with Crippen LogP contribution in [0.3, 0.4) is 0 Å². The van der Waals surface area contributed by atoms with E-state index in [1.807, 2.05) is 20.8 Å². The lowest BCUT2D eigenvalue weighted by molar-refractivity contribution is 0.0502. The van der Waals surface area contributed by atoms with Crippen LogP contribution in [0.15, 0.2) is 4.99 Å². The molecule has 2 fully saturated rings. The Morgan fingerprint density at radius 2 is 1.80 bits per heavy atom. The molecule has 0 radical (unpaired) electrons. The summed E-state index contributed by atoms with van der Waals surface area (Å²) in [5, 5.41) is 9.95. The first kappa shape index (κ1) is 27.3. The van der Waals surface area contributed by atoms with Crippen molar-refractivity contribution in [2.45, 2.75) is 103 Å². The summed E-state index contributed by atoms with van der Waals surface area (Å²) in [5.74, 6) is 0.816. The standard InChI is InChI=1S/C22H43N5O2.HI/c1-6-9-18(26-21(28)29-22(2,3)4)16-24-20(23-5)25-17-12-14-27(15-13-17)19-10-7-8-11-19;/h17-19H,6-16H2,1-5H3,(H,26,28)(H2,23,24,25);1H. The van der Waals surface area contributed by atoms with Crippen LogP contribution in [0.4, 0.5) is 4.79 Å². The maximum absolute atomic E-state index is 12.1. The van der Waals surface area contributed by atoms with Gasteiger partial charge in [-0.1, -0.05) is 26.2 Å². The predicted octanol–water partition coefficient (Wildman–Crippen LogP) is 3.87. The summed E-state index contributed by atoms with van der Waals surface area (Å²) < 4.78 is 5.39. The van der Waals surface area contributed by atoms with Gasteiger partial charge < -0.3 is 25.6 Å². The van der Waals surface area contributed by atoms with Gasteiger partial charge in [-0.3, -0.25) is 4.99 Å². The van der Waals surface area contributed by atoms with Crippen molar-refractivity contribution in [2.75, 3.05) is 26.7 Å². The zero-order valence-electron chi connectivity index (χ0n) is 19.6. The molecule has 1 saturated heterocycles. The van der Waals surface area contributed by atoms with Gasteiger partial charge in [0.25, 0.3) is 0 Å². The minimum Gasteiger partial charge on any atom is -0.444 e. The Kier molecular flexibility index (Phi) is 12.4. The molecule has 2 rings (SSSR count). The van der Waals surface area contributed by atoms with Crippen LogP contribution in [0, 0.1) is 0 Å². The van der Waals surface area contributed by atoms with Gasteiger partial charge in [0.15, 0.2) is 5.96 Å². The van der Waals surface area contributed by atoms with E-state index in [-0.39, 0.29) is 36.1 Å². The van der Waals surface area contributed by atoms with Gasteiger partial charge in [0.05, 0.1) is 0 Å². The van der Waals surface area contributed by atoms with E-state index in [4.69, 9.17) is 4.74 Å². The molecular formula is C22H44IN5O2. The zero-order valence-corrected chi connectivity index (χ0v) is 22.0. The number of aliphatic imine (C=N–C) groups is 1. The number of nitrogens with one attached hydrogen (secondary N) is 3. The summed E-state index contributed by atoms with van der Waals surface area (Å²) >= 11 is 0.